The highest BCUT2D eigenvalue weighted by molar-refractivity contribution is 6.31. The first-order chi connectivity index (χ1) is 14.0. The number of fused-ring (bicyclic) bond motifs is 1. The average Bonchev–Trinajstić information content (AvgIpc) is 3.13. The molecule has 2 amide bonds. The summed E-state index contributed by atoms with van der Waals surface area (Å²) in [4.78, 5) is 22.7. The number of halogens is 1. The predicted molar refractivity (Wildman–Crippen MR) is 113 cm³/mol. The average molecular weight is 409 g/mol. The second kappa shape index (κ2) is 8.11. The monoisotopic (exact) mass is 408 g/mol. The number of hydrogen-bond acceptors (Lipinski definition) is 4. The van der Waals surface area contributed by atoms with E-state index in [1.807, 2.05) is 18.2 Å². The number of carbonyl (C=O) groups excluding carboxylic acids is 1. The summed E-state index contributed by atoms with van der Waals surface area (Å²) in [7, 11) is 2.07. The lowest BCUT2D eigenvalue weighted by Crippen LogP contribution is -2.46. The van der Waals surface area contributed by atoms with Crippen LogP contribution < -0.4 is 10.6 Å². The lowest BCUT2D eigenvalue weighted by atomic mass is 9.97. The van der Waals surface area contributed by atoms with Crippen molar-refractivity contribution in [1.82, 2.24) is 20.2 Å². The van der Waals surface area contributed by atoms with E-state index < -0.39 is 0 Å². The second-order valence-electron chi connectivity index (χ2n) is 7.29. The Labute approximate surface area is 173 Å². The zero-order valence-electron chi connectivity index (χ0n) is 15.9. The fourth-order valence-electron chi connectivity index (χ4n) is 3.67. The number of amides is 2. The van der Waals surface area contributed by atoms with Crippen LogP contribution in [0, 0.1) is 11.3 Å². The molecule has 2 unspecified atom stereocenters. The molecule has 0 spiro atoms. The van der Waals surface area contributed by atoms with E-state index in [0.717, 1.165) is 36.2 Å². The van der Waals surface area contributed by atoms with Crippen LogP contribution in [0.4, 0.5) is 10.5 Å². The SMILES string of the molecule is CN1CCC(NC(=O)Nc2ccc(C#N)cc2)CC1c1nc2ccc(Cl)cc2[nH]1. The van der Waals surface area contributed by atoms with Gasteiger partial charge in [-0.25, -0.2) is 9.78 Å². The molecule has 0 bridgehead atoms. The number of nitriles is 1. The Hall–Kier alpha value is -3.08. The number of nitrogens with zero attached hydrogens (tertiary/aromatic N) is 3. The molecule has 2 heterocycles. The van der Waals surface area contributed by atoms with E-state index >= 15 is 0 Å². The van der Waals surface area contributed by atoms with Gasteiger partial charge >= 0.3 is 6.03 Å². The largest absolute Gasteiger partial charge is 0.341 e. The van der Waals surface area contributed by atoms with E-state index in [0.29, 0.717) is 16.3 Å². The Morgan fingerprint density at radius 1 is 1.31 bits per heavy atom. The summed E-state index contributed by atoms with van der Waals surface area (Å²) in [5.41, 5.74) is 3.00. The van der Waals surface area contributed by atoms with Crippen LogP contribution in [-0.4, -0.2) is 40.5 Å². The van der Waals surface area contributed by atoms with Crippen LogP contribution >= 0.6 is 11.6 Å². The molecular formula is C21H21ClN6O. The van der Waals surface area contributed by atoms with Gasteiger partial charge in [-0.3, -0.25) is 4.90 Å². The lowest BCUT2D eigenvalue weighted by Gasteiger charge is -2.36. The summed E-state index contributed by atoms with van der Waals surface area (Å²) in [5.74, 6) is 0.878. The molecule has 8 heteroatoms. The fourth-order valence-corrected chi connectivity index (χ4v) is 3.85. The van der Waals surface area contributed by atoms with E-state index in [-0.39, 0.29) is 18.1 Å². The molecule has 2 atom stereocenters. The van der Waals surface area contributed by atoms with Gasteiger partial charge in [0.1, 0.15) is 5.82 Å². The summed E-state index contributed by atoms with van der Waals surface area (Å²) < 4.78 is 0. The van der Waals surface area contributed by atoms with Gasteiger partial charge in [-0.05, 0) is 62.4 Å². The third kappa shape index (κ3) is 4.34. The minimum Gasteiger partial charge on any atom is -0.341 e. The van der Waals surface area contributed by atoms with E-state index in [1.165, 1.54) is 0 Å². The number of nitrogens with one attached hydrogen (secondary N) is 3. The van der Waals surface area contributed by atoms with Crippen LogP contribution in [0.3, 0.4) is 0 Å². The highest BCUT2D eigenvalue weighted by atomic mass is 35.5. The molecule has 3 N–H and O–H groups in total. The molecule has 4 rings (SSSR count). The maximum absolute atomic E-state index is 12.4. The minimum absolute atomic E-state index is 0.0337. The van der Waals surface area contributed by atoms with Crippen LogP contribution in [-0.2, 0) is 0 Å². The summed E-state index contributed by atoms with van der Waals surface area (Å²) >= 11 is 6.08. The molecule has 1 aliphatic rings. The van der Waals surface area contributed by atoms with Crippen LogP contribution in [0.25, 0.3) is 11.0 Å². The number of carbonyl (C=O) groups is 1. The Bertz CT molecular complexity index is 1070. The molecular weight excluding hydrogens is 388 g/mol. The summed E-state index contributed by atoms with van der Waals surface area (Å²) in [6, 6.07) is 14.3. The topological polar surface area (TPSA) is 96.8 Å². The van der Waals surface area contributed by atoms with E-state index in [2.05, 4.69) is 33.6 Å². The maximum atomic E-state index is 12.4. The predicted octanol–water partition coefficient (Wildman–Crippen LogP) is 4.04. The van der Waals surface area contributed by atoms with E-state index in [9.17, 15) is 4.79 Å². The van der Waals surface area contributed by atoms with Gasteiger partial charge in [0.15, 0.2) is 0 Å². The van der Waals surface area contributed by atoms with E-state index in [4.69, 9.17) is 21.8 Å². The molecule has 3 aromatic rings. The van der Waals surface area contributed by atoms with Gasteiger partial charge < -0.3 is 15.6 Å². The fraction of sp³-hybridized carbons (Fsp3) is 0.286. The van der Waals surface area contributed by atoms with E-state index in [1.54, 1.807) is 24.3 Å². The molecule has 0 aliphatic carbocycles. The minimum atomic E-state index is -0.251. The van der Waals surface area contributed by atoms with Gasteiger partial charge in [0.05, 0.1) is 28.7 Å². The van der Waals surface area contributed by atoms with Crippen molar-refractivity contribution in [3.63, 3.8) is 0 Å². The van der Waals surface area contributed by atoms with Crippen molar-refractivity contribution >= 4 is 34.4 Å². The van der Waals surface area contributed by atoms with Gasteiger partial charge in [-0.15, -0.1) is 0 Å². The highest BCUT2D eigenvalue weighted by Gasteiger charge is 2.30. The molecule has 29 heavy (non-hydrogen) atoms. The standard InChI is InChI=1S/C21H21ClN6O/c1-28-9-8-16(25-21(29)24-15-5-2-13(12-23)3-6-15)11-19(28)20-26-17-7-4-14(22)10-18(17)27-20/h2-7,10,16,19H,8-9,11H2,1H3,(H,26,27)(H2,24,25,29). The summed E-state index contributed by atoms with van der Waals surface area (Å²) in [6.45, 7) is 0.851. The van der Waals surface area contributed by atoms with Crippen molar-refractivity contribution < 1.29 is 4.79 Å². The second-order valence-corrected chi connectivity index (χ2v) is 7.73. The first-order valence-corrected chi connectivity index (χ1v) is 9.83. The van der Waals surface area contributed by atoms with Crippen LogP contribution in [0.1, 0.15) is 30.3 Å². The molecule has 148 valence electrons. The normalized spacial score (nSPS) is 19.6. The van der Waals surface area contributed by atoms with Crippen LogP contribution in [0.15, 0.2) is 42.5 Å². The molecule has 0 radical (unpaired) electrons. The molecule has 7 nitrogen and oxygen atoms in total. The van der Waals surface area contributed by atoms with Crippen molar-refractivity contribution in [1.29, 1.82) is 5.26 Å². The Balaban J connectivity index is 1.42. The summed E-state index contributed by atoms with van der Waals surface area (Å²) in [6.07, 6.45) is 1.62. The van der Waals surface area contributed by atoms with Crippen molar-refractivity contribution in [2.24, 2.45) is 0 Å². The van der Waals surface area contributed by atoms with Crippen molar-refractivity contribution in [3.05, 3.63) is 58.9 Å². The molecule has 1 fully saturated rings. The number of likely N-dealkylation sites (tertiary alicyclic amines) is 1. The molecule has 1 aliphatic heterocycles. The van der Waals surface area contributed by atoms with Crippen LogP contribution in [0.2, 0.25) is 5.02 Å². The number of anilines is 1. The zero-order chi connectivity index (χ0) is 20.4. The van der Waals surface area contributed by atoms with Gasteiger partial charge in [0, 0.05) is 23.3 Å². The third-order valence-electron chi connectivity index (χ3n) is 5.26. The number of aromatic amines is 1. The number of benzene rings is 2. The third-order valence-corrected chi connectivity index (χ3v) is 5.49. The van der Waals surface area contributed by atoms with Gasteiger partial charge in [0.25, 0.3) is 0 Å². The molecule has 1 aromatic heterocycles. The number of H-pyrrole nitrogens is 1. The maximum Gasteiger partial charge on any atom is 0.319 e. The Morgan fingerprint density at radius 3 is 2.86 bits per heavy atom. The number of aromatic nitrogens is 2. The van der Waals surface area contributed by atoms with Gasteiger partial charge in [0.2, 0.25) is 0 Å². The van der Waals surface area contributed by atoms with Gasteiger partial charge in [-0.1, -0.05) is 11.6 Å². The van der Waals surface area contributed by atoms with Crippen LogP contribution in [0.5, 0.6) is 0 Å². The lowest BCUT2D eigenvalue weighted by molar-refractivity contribution is 0.153. The number of rotatable bonds is 3. The van der Waals surface area contributed by atoms with Crippen molar-refractivity contribution in [2.45, 2.75) is 24.9 Å². The molecule has 1 saturated heterocycles. The van der Waals surface area contributed by atoms with Gasteiger partial charge in [-0.2, -0.15) is 5.26 Å². The quantitative estimate of drug-likeness (QED) is 0.609. The number of hydrogen-bond donors (Lipinski definition) is 3. The number of imidazole rings is 1. The molecule has 0 saturated carbocycles. The first kappa shape index (κ1) is 19.2. The Kier molecular flexibility index (Phi) is 5.38. The number of urea groups is 1. The first-order valence-electron chi connectivity index (χ1n) is 9.45. The number of piperidine rings is 1. The van der Waals surface area contributed by atoms with Crippen molar-refractivity contribution in [3.8, 4) is 6.07 Å². The van der Waals surface area contributed by atoms with Crippen molar-refractivity contribution in [2.75, 3.05) is 18.9 Å². The highest BCUT2D eigenvalue weighted by Crippen LogP contribution is 2.30. The smallest absolute Gasteiger partial charge is 0.319 e. The summed E-state index contributed by atoms with van der Waals surface area (Å²) in [5, 5.41) is 15.4. The Morgan fingerprint density at radius 2 is 2.10 bits per heavy atom. The molecule has 2 aromatic carbocycles. The zero-order valence-corrected chi connectivity index (χ0v) is 16.7.